The number of aromatic amines is 1. The molecule has 0 fully saturated rings. The van der Waals surface area contributed by atoms with Gasteiger partial charge in [-0.25, -0.2) is 4.79 Å². The van der Waals surface area contributed by atoms with E-state index in [0.29, 0.717) is 13.0 Å². The molecule has 1 aromatic carbocycles. The molecule has 0 saturated heterocycles. The van der Waals surface area contributed by atoms with Crippen LogP contribution < -0.4 is 5.32 Å². The lowest BCUT2D eigenvalue weighted by Gasteiger charge is -2.25. The number of nitrogens with zero attached hydrogens (tertiary/aromatic N) is 2. The van der Waals surface area contributed by atoms with E-state index in [4.69, 9.17) is 11.6 Å². The third-order valence-electron chi connectivity index (χ3n) is 4.13. The first kappa shape index (κ1) is 17.3. The lowest BCUT2D eigenvalue weighted by atomic mass is 10.1. The van der Waals surface area contributed by atoms with E-state index in [9.17, 15) is 4.79 Å². The Kier molecular flexibility index (Phi) is 5.66. The first-order chi connectivity index (χ1) is 10.9. The smallest absolute Gasteiger partial charge is 0.317 e. The maximum atomic E-state index is 12.3. The molecule has 2 rings (SSSR count). The van der Waals surface area contributed by atoms with Crippen molar-refractivity contribution < 1.29 is 4.79 Å². The van der Waals surface area contributed by atoms with E-state index < -0.39 is 0 Å². The number of hydrogen-bond acceptors (Lipinski definition) is 2. The van der Waals surface area contributed by atoms with Crippen molar-refractivity contribution in [2.24, 2.45) is 0 Å². The Morgan fingerprint density at radius 3 is 2.70 bits per heavy atom. The van der Waals surface area contributed by atoms with Crippen LogP contribution in [0.25, 0.3) is 0 Å². The van der Waals surface area contributed by atoms with E-state index in [1.165, 1.54) is 0 Å². The average molecular weight is 335 g/mol. The van der Waals surface area contributed by atoms with E-state index in [2.05, 4.69) is 15.5 Å². The van der Waals surface area contributed by atoms with Crippen LogP contribution in [-0.4, -0.2) is 34.7 Å². The standard InChI is InChI=1S/C17H23ClN4O/c1-11-16(12(2)21-20-11)13(3)22(4)17(23)19-10-9-14-7-5-6-8-15(14)18/h5-8,13H,9-10H2,1-4H3,(H,19,23)(H,20,21)/t13-/m1/s1. The van der Waals surface area contributed by atoms with E-state index in [-0.39, 0.29) is 12.1 Å². The minimum absolute atomic E-state index is 0.0472. The van der Waals surface area contributed by atoms with Crippen molar-refractivity contribution >= 4 is 17.6 Å². The highest BCUT2D eigenvalue weighted by Crippen LogP contribution is 2.23. The average Bonchev–Trinajstić information content (AvgIpc) is 2.86. The molecular formula is C17H23ClN4O. The van der Waals surface area contributed by atoms with Gasteiger partial charge in [0.1, 0.15) is 0 Å². The number of H-pyrrole nitrogens is 1. The van der Waals surface area contributed by atoms with Crippen LogP contribution in [0.1, 0.15) is 35.5 Å². The molecule has 0 bridgehead atoms. The molecule has 0 aliphatic carbocycles. The number of hydrogen-bond donors (Lipinski definition) is 2. The fourth-order valence-corrected chi connectivity index (χ4v) is 2.90. The molecular weight excluding hydrogens is 312 g/mol. The minimum atomic E-state index is -0.107. The van der Waals surface area contributed by atoms with Crippen LogP contribution in [0.15, 0.2) is 24.3 Å². The number of amides is 2. The number of halogens is 1. The molecule has 2 aromatic rings. The third kappa shape index (κ3) is 4.05. The van der Waals surface area contributed by atoms with Crippen LogP contribution in [0.3, 0.4) is 0 Å². The maximum Gasteiger partial charge on any atom is 0.317 e. The van der Waals surface area contributed by atoms with Gasteiger partial charge in [-0.05, 0) is 38.8 Å². The number of carbonyl (C=O) groups is 1. The topological polar surface area (TPSA) is 61.0 Å². The van der Waals surface area contributed by atoms with Gasteiger partial charge in [-0.3, -0.25) is 5.10 Å². The molecule has 1 heterocycles. The lowest BCUT2D eigenvalue weighted by Crippen LogP contribution is -2.39. The molecule has 0 spiro atoms. The summed E-state index contributed by atoms with van der Waals surface area (Å²) in [5.74, 6) is 0. The van der Waals surface area contributed by atoms with E-state index in [1.807, 2.05) is 45.0 Å². The maximum absolute atomic E-state index is 12.3. The first-order valence-corrected chi connectivity index (χ1v) is 8.05. The molecule has 1 atom stereocenters. The summed E-state index contributed by atoms with van der Waals surface area (Å²) in [5, 5.41) is 10.8. The van der Waals surface area contributed by atoms with Crippen LogP contribution in [-0.2, 0) is 6.42 Å². The number of benzene rings is 1. The van der Waals surface area contributed by atoms with Gasteiger partial charge in [0.25, 0.3) is 0 Å². The number of urea groups is 1. The quantitative estimate of drug-likeness (QED) is 0.877. The van der Waals surface area contributed by atoms with Crippen molar-refractivity contribution in [2.75, 3.05) is 13.6 Å². The Labute approximate surface area is 142 Å². The number of aryl methyl sites for hydroxylation is 2. The number of nitrogens with one attached hydrogen (secondary N) is 2. The zero-order chi connectivity index (χ0) is 17.0. The van der Waals surface area contributed by atoms with Gasteiger partial charge in [-0.2, -0.15) is 5.10 Å². The van der Waals surface area contributed by atoms with Crippen LogP contribution in [0.4, 0.5) is 4.79 Å². The number of aromatic nitrogens is 2. The number of carbonyl (C=O) groups excluding carboxylic acids is 1. The van der Waals surface area contributed by atoms with Crippen LogP contribution in [0.2, 0.25) is 5.02 Å². The summed E-state index contributed by atoms with van der Waals surface area (Å²) < 4.78 is 0. The molecule has 5 nitrogen and oxygen atoms in total. The number of rotatable bonds is 5. The van der Waals surface area contributed by atoms with Crippen molar-refractivity contribution in [3.8, 4) is 0 Å². The zero-order valence-corrected chi connectivity index (χ0v) is 14.7. The summed E-state index contributed by atoms with van der Waals surface area (Å²) in [6.45, 7) is 6.45. The molecule has 23 heavy (non-hydrogen) atoms. The Hall–Kier alpha value is -2.01. The largest absolute Gasteiger partial charge is 0.338 e. The van der Waals surface area contributed by atoms with Crippen molar-refractivity contribution in [2.45, 2.75) is 33.2 Å². The molecule has 0 radical (unpaired) electrons. The van der Waals surface area contributed by atoms with E-state index in [0.717, 1.165) is 27.5 Å². The normalized spacial score (nSPS) is 12.0. The molecule has 0 unspecified atom stereocenters. The second kappa shape index (κ2) is 7.51. The second-order valence-electron chi connectivity index (χ2n) is 5.71. The highest BCUT2D eigenvalue weighted by Gasteiger charge is 2.21. The molecule has 124 valence electrons. The molecule has 1 aromatic heterocycles. The van der Waals surface area contributed by atoms with Crippen molar-refractivity contribution in [1.82, 2.24) is 20.4 Å². The highest BCUT2D eigenvalue weighted by atomic mass is 35.5. The van der Waals surface area contributed by atoms with Gasteiger partial charge >= 0.3 is 6.03 Å². The summed E-state index contributed by atoms with van der Waals surface area (Å²) in [6.07, 6.45) is 0.706. The summed E-state index contributed by atoms with van der Waals surface area (Å²) in [5.41, 5.74) is 4.01. The van der Waals surface area contributed by atoms with Gasteiger partial charge in [0.2, 0.25) is 0 Å². The first-order valence-electron chi connectivity index (χ1n) is 7.67. The van der Waals surface area contributed by atoms with Crippen LogP contribution >= 0.6 is 11.6 Å². The Bertz CT molecular complexity index is 663. The highest BCUT2D eigenvalue weighted by molar-refractivity contribution is 6.31. The third-order valence-corrected chi connectivity index (χ3v) is 4.50. The zero-order valence-electron chi connectivity index (χ0n) is 14.0. The van der Waals surface area contributed by atoms with Gasteiger partial charge in [0.05, 0.1) is 11.7 Å². The van der Waals surface area contributed by atoms with Crippen molar-refractivity contribution in [3.63, 3.8) is 0 Å². The molecule has 0 aliphatic heterocycles. The fourth-order valence-electron chi connectivity index (χ4n) is 2.67. The Balaban J connectivity index is 1.91. The summed E-state index contributed by atoms with van der Waals surface area (Å²) in [4.78, 5) is 14.0. The Morgan fingerprint density at radius 1 is 1.39 bits per heavy atom. The van der Waals surface area contributed by atoms with Gasteiger partial charge in [-0.15, -0.1) is 0 Å². The molecule has 2 amide bonds. The second-order valence-corrected chi connectivity index (χ2v) is 6.12. The Morgan fingerprint density at radius 2 is 2.09 bits per heavy atom. The lowest BCUT2D eigenvalue weighted by molar-refractivity contribution is 0.194. The van der Waals surface area contributed by atoms with Crippen LogP contribution in [0, 0.1) is 13.8 Å². The monoisotopic (exact) mass is 334 g/mol. The molecule has 0 saturated carbocycles. The SMILES string of the molecule is Cc1n[nH]c(C)c1[C@@H](C)N(C)C(=O)NCCc1ccccc1Cl. The summed E-state index contributed by atoms with van der Waals surface area (Å²) >= 11 is 6.12. The van der Waals surface area contributed by atoms with Gasteiger partial charge < -0.3 is 10.2 Å². The van der Waals surface area contributed by atoms with Crippen molar-refractivity contribution in [1.29, 1.82) is 0 Å². The molecule has 0 aliphatic rings. The van der Waals surface area contributed by atoms with E-state index in [1.54, 1.807) is 11.9 Å². The van der Waals surface area contributed by atoms with Gasteiger partial charge in [0.15, 0.2) is 0 Å². The van der Waals surface area contributed by atoms with Gasteiger partial charge in [0, 0.05) is 29.9 Å². The minimum Gasteiger partial charge on any atom is -0.338 e. The van der Waals surface area contributed by atoms with E-state index >= 15 is 0 Å². The predicted octanol–water partition coefficient (Wildman–Crippen LogP) is 3.63. The predicted molar refractivity (Wildman–Crippen MR) is 92.8 cm³/mol. The molecule has 2 N–H and O–H groups in total. The summed E-state index contributed by atoms with van der Waals surface area (Å²) in [6, 6.07) is 7.52. The van der Waals surface area contributed by atoms with Crippen molar-refractivity contribution in [3.05, 3.63) is 51.8 Å². The van der Waals surface area contributed by atoms with Gasteiger partial charge in [-0.1, -0.05) is 29.8 Å². The summed E-state index contributed by atoms with van der Waals surface area (Å²) in [7, 11) is 1.79. The fraction of sp³-hybridized carbons (Fsp3) is 0.412. The molecule has 6 heteroatoms. The van der Waals surface area contributed by atoms with Crippen LogP contribution in [0.5, 0.6) is 0 Å².